The standard InChI is InChI=1S/C41H86N/c1-5-7-9-11-13-15-17-19-21-22-23-24-25-27-29-31-33-35-37-39-41-42(3,4)40-38-36-34-32-30-28-26-20-18-16-14-12-10-8-6-2/h5-41H2,1-4H3/q+1. The number of rotatable bonds is 37. The van der Waals surface area contributed by atoms with E-state index in [0.717, 1.165) is 0 Å². The molecule has 0 aromatic rings. The topological polar surface area (TPSA) is 0 Å². The molecule has 0 N–H and O–H groups in total. The number of hydrogen-bond acceptors (Lipinski definition) is 0. The van der Waals surface area contributed by atoms with Gasteiger partial charge in [0.05, 0.1) is 27.2 Å². The Kier molecular flexibility index (Phi) is 35.4. The number of unbranched alkanes of at least 4 members (excludes halogenated alkanes) is 33. The van der Waals surface area contributed by atoms with Gasteiger partial charge in [-0.05, 0) is 25.7 Å². The maximum atomic E-state index is 2.47. The molecule has 254 valence electrons. The highest BCUT2D eigenvalue weighted by atomic mass is 15.3. The highest BCUT2D eigenvalue weighted by Crippen LogP contribution is 2.17. The zero-order chi connectivity index (χ0) is 30.7. The van der Waals surface area contributed by atoms with Gasteiger partial charge in [-0.3, -0.25) is 0 Å². The highest BCUT2D eigenvalue weighted by molar-refractivity contribution is 4.52. The van der Waals surface area contributed by atoms with Gasteiger partial charge in [-0.25, -0.2) is 0 Å². The van der Waals surface area contributed by atoms with Gasteiger partial charge in [0.15, 0.2) is 0 Å². The normalized spacial score (nSPS) is 12.0. The van der Waals surface area contributed by atoms with Crippen LogP contribution in [0, 0.1) is 0 Å². The van der Waals surface area contributed by atoms with Crippen molar-refractivity contribution in [3.63, 3.8) is 0 Å². The first-order valence-electron chi connectivity index (χ1n) is 20.4. The van der Waals surface area contributed by atoms with Gasteiger partial charge in [-0.15, -0.1) is 0 Å². The Labute approximate surface area is 269 Å². The summed E-state index contributed by atoms with van der Waals surface area (Å²) in [4.78, 5) is 0. The van der Waals surface area contributed by atoms with Crippen LogP contribution < -0.4 is 0 Å². The van der Waals surface area contributed by atoms with Crippen molar-refractivity contribution in [2.45, 2.75) is 239 Å². The van der Waals surface area contributed by atoms with Crippen molar-refractivity contribution < 1.29 is 4.48 Å². The minimum absolute atomic E-state index is 1.25. The van der Waals surface area contributed by atoms with Crippen molar-refractivity contribution in [1.82, 2.24) is 0 Å². The molecule has 0 radical (unpaired) electrons. The lowest BCUT2D eigenvalue weighted by molar-refractivity contribution is -0.890. The summed E-state index contributed by atoms with van der Waals surface area (Å²) >= 11 is 0. The van der Waals surface area contributed by atoms with E-state index in [1.807, 2.05) is 0 Å². The fraction of sp³-hybridized carbons (Fsp3) is 1.00. The molecule has 0 aliphatic heterocycles. The minimum atomic E-state index is 1.25. The van der Waals surface area contributed by atoms with Crippen LogP contribution in [-0.4, -0.2) is 31.7 Å². The molecular formula is C41H86N+. The van der Waals surface area contributed by atoms with Crippen LogP contribution in [0.4, 0.5) is 0 Å². The predicted octanol–water partition coefficient (Wildman–Crippen LogP) is 14.8. The first kappa shape index (κ1) is 42.0. The summed E-state index contributed by atoms with van der Waals surface area (Å²) in [5, 5.41) is 0. The van der Waals surface area contributed by atoms with Crippen molar-refractivity contribution in [2.24, 2.45) is 0 Å². The molecule has 0 spiro atoms. The molecular weight excluding hydrogens is 506 g/mol. The molecule has 0 bridgehead atoms. The molecule has 0 fully saturated rings. The second-order valence-corrected chi connectivity index (χ2v) is 15.1. The Bertz CT molecular complexity index is 469. The SMILES string of the molecule is CCCCCCCCCCCCCCCCCCCCCC[N+](C)(C)CCCCCCCCCCCCCCCCC. The van der Waals surface area contributed by atoms with E-state index in [-0.39, 0.29) is 0 Å². The van der Waals surface area contributed by atoms with Crippen LogP contribution in [0.5, 0.6) is 0 Å². The largest absolute Gasteiger partial charge is 0.328 e. The van der Waals surface area contributed by atoms with Crippen molar-refractivity contribution >= 4 is 0 Å². The summed E-state index contributed by atoms with van der Waals surface area (Å²) in [5.41, 5.74) is 0. The molecule has 0 rings (SSSR count). The summed E-state index contributed by atoms with van der Waals surface area (Å²) in [5.74, 6) is 0. The molecule has 1 nitrogen and oxygen atoms in total. The van der Waals surface area contributed by atoms with E-state index in [9.17, 15) is 0 Å². The minimum Gasteiger partial charge on any atom is -0.328 e. The second kappa shape index (κ2) is 35.4. The first-order valence-corrected chi connectivity index (χ1v) is 20.4. The van der Waals surface area contributed by atoms with Crippen LogP contribution in [0.3, 0.4) is 0 Å². The molecule has 0 unspecified atom stereocenters. The molecule has 0 saturated carbocycles. The van der Waals surface area contributed by atoms with Gasteiger partial charge in [0.1, 0.15) is 0 Å². The lowest BCUT2D eigenvalue weighted by atomic mass is 10.0. The molecule has 0 amide bonds. The lowest BCUT2D eigenvalue weighted by Gasteiger charge is -2.30. The van der Waals surface area contributed by atoms with Gasteiger partial charge >= 0.3 is 0 Å². The van der Waals surface area contributed by atoms with E-state index < -0.39 is 0 Å². The smallest absolute Gasteiger partial charge is 0.0782 e. The third-order valence-electron chi connectivity index (χ3n) is 9.98. The average molecular weight is 593 g/mol. The predicted molar refractivity (Wildman–Crippen MR) is 195 cm³/mol. The van der Waals surface area contributed by atoms with Crippen LogP contribution in [0.25, 0.3) is 0 Å². The van der Waals surface area contributed by atoms with E-state index in [4.69, 9.17) is 0 Å². The van der Waals surface area contributed by atoms with E-state index in [0.29, 0.717) is 0 Å². The van der Waals surface area contributed by atoms with Crippen molar-refractivity contribution in [2.75, 3.05) is 27.2 Å². The van der Waals surface area contributed by atoms with E-state index in [1.165, 1.54) is 242 Å². The molecule has 0 atom stereocenters. The van der Waals surface area contributed by atoms with Gasteiger partial charge in [0.2, 0.25) is 0 Å². The zero-order valence-electron chi connectivity index (χ0n) is 30.6. The fourth-order valence-electron chi connectivity index (χ4n) is 6.82. The Hall–Kier alpha value is -0.0400. The molecule has 0 aromatic carbocycles. The van der Waals surface area contributed by atoms with E-state index >= 15 is 0 Å². The molecule has 0 aliphatic carbocycles. The number of hydrogen-bond donors (Lipinski definition) is 0. The maximum Gasteiger partial charge on any atom is 0.0782 e. The Morgan fingerprint density at radius 2 is 0.357 bits per heavy atom. The van der Waals surface area contributed by atoms with Crippen LogP contribution in [0.15, 0.2) is 0 Å². The molecule has 0 heterocycles. The third-order valence-corrected chi connectivity index (χ3v) is 9.98. The van der Waals surface area contributed by atoms with Crippen LogP contribution in [0.1, 0.15) is 239 Å². The molecule has 0 aliphatic rings. The van der Waals surface area contributed by atoms with Gasteiger partial charge in [-0.1, -0.05) is 213 Å². The van der Waals surface area contributed by atoms with Gasteiger partial charge in [-0.2, -0.15) is 0 Å². The molecule has 1 heteroatoms. The van der Waals surface area contributed by atoms with Gasteiger partial charge in [0, 0.05) is 0 Å². The summed E-state index contributed by atoms with van der Waals surface area (Å²) < 4.78 is 1.25. The van der Waals surface area contributed by atoms with E-state index in [1.54, 1.807) is 0 Å². The van der Waals surface area contributed by atoms with Crippen molar-refractivity contribution in [3.05, 3.63) is 0 Å². The number of quaternary nitrogens is 1. The fourth-order valence-corrected chi connectivity index (χ4v) is 6.82. The summed E-state index contributed by atoms with van der Waals surface area (Å²) in [7, 11) is 4.94. The van der Waals surface area contributed by atoms with Crippen LogP contribution >= 0.6 is 0 Å². The van der Waals surface area contributed by atoms with Gasteiger partial charge < -0.3 is 4.48 Å². The average Bonchev–Trinajstić information content (AvgIpc) is 2.98. The molecule has 0 aromatic heterocycles. The molecule has 0 saturated heterocycles. The number of nitrogens with zero attached hydrogens (tertiary/aromatic N) is 1. The summed E-state index contributed by atoms with van der Waals surface area (Å²) in [6, 6.07) is 0. The van der Waals surface area contributed by atoms with Gasteiger partial charge in [0.25, 0.3) is 0 Å². The quantitative estimate of drug-likeness (QED) is 0.0497. The maximum absolute atomic E-state index is 2.47. The van der Waals surface area contributed by atoms with Crippen LogP contribution in [-0.2, 0) is 0 Å². The van der Waals surface area contributed by atoms with E-state index in [2.05, 4.69) is 27.9 Å². The molecule has 42 heavy (non-hydrogen) atoms. The summed E-state index contributed by atoms with van der Waals surface area (Å²) in [6.45, 7) is 7.39. The summed E-state index contributed by atoms with van der Waals surface area (Å²) in [6.07, 6.45) is 51.4. The lowest BCUT2D eigenvalue weighted by Crippen LogP contribution is -2.41. The van der Waals surface area contributed by atoms with Crippen molar-refractivity contribution in [3.8, 4) is 0 Å². The monoisotopic (exact) mass is 593 g/mol. The second-order valence-electron chi connectivity index (χ2n) is 15.1. The first-order chi connectivity index (χ1) is 20.6. The van der Waals surface area contributed by atoms with Crippen molar-refractivity contribution in [1.29, 1.82) is 0 Å². The van der Waals surface area contributed by atoms with Crippen LogP contribution in [0.2, 0.25) is 0 Å². The Balaban J connectivity index is 3.25. The third kappa shape index (κ3) is 36.2. The zero-order valence-corrected chi connectivity index (χ0v) is 30.6. The Morgan fingerprint density at radius 3 is 0.524 bits per heavy atom. The Morgan fingerprint density at radius 1 is 0.214 bits per heavy atom. The highest BCUT2D eigenvalue weighted by Gasteiger charge is 2.13.